The number of anilines is 1. The van der Waals surface area contributed by atoms with Gasteiger partial charge in [0.1, 0.15) is 11.4 Å². The van der Waals surface area contributed by atoms with Gasteiger partial charge in [-0.3, -0.25) is 9.69 Å². The summed E-state index contributed by atoms with van der Waals surface area (Å²) in [4.78, 5) is 18.6. The van der Waals surface area contributed by atoms with Crippen LogP contribution in [0.3, 0.4) is 0 Å². The predicted octanol–water partition coefficient (Wildman–Crippen LogP) is 5.21. The molecular formula is C20H17F3N2O2S. The maximum absolute atomic E-state index is 12.8. The van der Waals surface area contributed by atoms with Crippen molar-refractivity contribution >= 4 is 34.6 Å². The first-order chi connectivity index (χ1) is 13.3. The summed E-state index contributed by atoms with van der Waals surface area (Å²) in [6, 6.07) is 11.6. The van der Waals surface area contributed by atoms with E-state index in [1.165, 1.54) is 34.9 Å². The van der Waals surface area contributed by atoms with Crippen molar-refractivity contribution in [2.75, 3.05) is 17.8 Å². The van der Waals surface area contributed by atoms with Gasteiger partial charge in [-0.1, -0.05) is 23.9 Å². The molecule has 0 aromatic heterocycles. The fourth-order valence-corrected chi connectivity index (χ4v) is 3.21. The normalized spacial score (nSPS) is 15.9. The van der Waals surface area contributed by atoms with Crippen molar-refractivity contribution in [1.82, 2.24) is 0 Å². The number of thioether (sulfide) groups is 1. The fourth-order valence-electron chi connectivity index (χ4n) is 2.65. The van der Waals surface area contributed by atoms with Crippen molar-refractivity contribution in [3.05, 3.63) is 65.4 Å². The molecule has 0 atom stereocenters. The number of carbonyl (C=O) groups is 1. The maximum atomic E-state index is 12.8. The monoisotopic (exact) mass is 406 g/mol. The molecule has 2 aromatic carbocycles. The Bertz CT molecular complexity index is 920. The third-order valence-electron chi connectivity index (χ3n) is 3.96. The van der Waals surface area contributed by atoms with Gasteiger partial charge in [-0.2, -0.15) is 13.2 Å². The minimum absolute atomic E-state index is 0.165. The van der Waals surface area contributed by atoms with Gasteiger partial charge in [-0.15, -0.1) is 0 Å². The lowest BCUT2D eigenvalue weighted by atomic mass is 10.1. The molecule has 1 heterocycles. The highest BCUT2D eigenvalue weighted by Crippen LogP contribution is 2.31. The van der Waals surface area contributed by atoms with E-state index in [1.807, 2.05) is 6.92 Å². The standard InChI is InChI=1S/C20H17F3N2O2S/c1-3-27-16-10-8-15(9-11-16)25-18(26)17(24-19(25)28-2)12-13-4-6-14(7-5-13)20(21,22)23/h4-12H,3H2,1-2H3. The highest BCUT2D eigenvalue weighted by atomic mass is 32.2. The molecule has 3 rings (SSSR count). The number of hydrogen-bond acceptors (Lipinski definition) is 4. The van der Waals surface area contributed by atoms with E-state index >= 15 is 0 Å². The minimum atomic E-state index is -4.40. The molecule has 0 fully saturated rings. The average molecular weight is 406 g/mol. The summed E-state index contributed by atoms with van der Waals surface area (Å²) in [5, 5.41) is 0.493. The minimum Gasteiger partial charge on any atom is -0.494 e. The number of alkyl halides is 3. The predicted molar refractivity (Wildman–Crippen MR) is 105 cm³/mol. The number of nitrogens with zero attached hydrogens (tertiary/aromatic N) is 2. The zero-order valence-corrected chi connectivity index (χ0v) is 16.0. The Balaban J connectivity index is 1.87. The first kappa shape index (κ1) is 20.0. The lowest BCUT2D eigenvalue weighted by Gasteiger charge is -2.17. The summed E-state index contributed by atoms with van der Waals surface area (Å²) < 4.78 is 43.5. The van der Waals surface area contributed by atoms with Crippen LogP contribution in [0.4, 0.5) is 18.9 Å². The SMILES string of the molecule is CCOc1ccc(N2C(=O)C(=Cc3ccc(C(F)(F)F)cc3)N=C2SC)cc1. The van der Waals surface area contributed by atoms with Crippen LogP contribution < -0.4 is 9.64 Å². The van der Waals surface area contributed by atoms with E-state index in [0.29, 0.717) is 28.8 Å². The van der Waals surface area contributed by atoms with Crippen LogP contribution in [0.15, 0.2) is 59.2 Å². The summed E-state index contributed by atoms with van der Waals surface area (Å²) >= 11 is 1.31. The summed E-state index contributed by atoms with van der Waals surface area (Å²) in [6.45, 7) is 2.42. The lowest BCUT2D eigenvalue weighted by molar-refractivity contribution is -0.137. The van der Waals surface area contributed by atoms with E-state index in [9.17, 15) is 18.0 Å². The molecular weight excluding hydrogens is 389 g/mol. The van der Waals surface area contributed by atoms with Crippen LogP contribution in [0.25, 0.3) is 6.08 Å². The average Bonchev–Trinajstić information content (AvgIpc) is 2.98. The Morgan fingerprint density at radius 3 is 2.29 bits per heavy atom. The number of ether oxygens (including phenoxy) is 1. The van der Waals surface area contributed by atoms with Crippen LogP contribution in [-0.2, 0) is 11.0 Å². The molecule has 0 unspecified atom stereocenters. The van der Waals surface area contributed by atoms with Crippen LogP contribution >= 0.6 is 11.8 Å². The van der Waals surface area contributed by atoms with Crippen LogP contribution in [0, 0.1) is 0 Å². The molecule has 0 saturated heterocycles. The highest BCUT2D eigenvalue weighted by Gasteiger charge is 2.32. The van der Waals surface area contributed by atoms with Crippen LogP contribution in [0.1, 0.15) is 18.1 Å². The number of amides is 1. The Morgan fingerprint density at radius 2 is 1.75 bits per heavy atom. The van der Waals surface area contributed by atoms with E-state index in [0.717, 1.165) is 12.1 Å². The molecule has 0 spiro atoms. The zero-order valence-electron chi connectivity index (χ0n) is 15.2. The van der Waals surface area contributed by atoms with Crippen molar-refractivity contribution in [3.8, 4) is 5.75 Å². The number of rotatable bonds is 4. The number of hydrogen-bond donors (Lipinski definition) is 0. The highest BCUT2D eigenvalue weighted by molar-refractivity contribution is 8.13. The topological polar surface area (TPSA) is 41.9 Å². The van der Waals surface area contributed by atoms with Gasteiger partial charge in [0.25, 0.3) is 5.91 Å². The molecule has 1 aliphatic rings. The van der Waals surface area contributed by atoms with Gasteiger partial charge in [0.05, 0.1) is 17.9 Å². The second-order valence-electron chi connectivity index (χ2n) is 5.82. The van der Waals surface area contributed by atoms with Gasteiger partial charge < -0.3 is 4.74 Å². The van der Waals surface area contributed by atoms with Crippen molar-refractivity contribution in [1.29, 1.82) is 0 Å². The van der Waals surface area contributed by atoms with E-state index < -0.39 is 11.7 Å². The van der Waals surface area contributed by atoms with Gasteiger partial charge >= 0.3 is 6.18 Å². The molecule has 28 heavy (non-hydrogen) atoms. The molecule has 8 heteroatoms. The number of halogens is 3. The first-order valence-corrected chi connectivity index (χ1v) is 9.65. The summed E-state index contributed by atoms with van der Waals surface area (Å²) in [5.74, 6) is 0.356. The maximum Gasteiger partial charge on any atom is 0.416 e. The van der Waals surface area contributed by atoms with Gasteiger partial charge in [-0.05, 0) is 61.2 Å². The Morgan fingerprint density at radius 1 is 1.11 bits per heavy atom. The summed E-state index contributed by atoms with van der Waals surface area (Å²) in [5.41, 5.74) is 0.529. The van der Waals surface area contributed by atoms with Crippen molar-refractivity contribution in [2.24, 2.45) is 4.99 Å². The van der Waals surface area contributed by atoms with Crippen molar-refractivity contribution < 1.29 is 22.7 Å². The van der Waals surface area contributed by atoms with Crippen molar-refractivity contribution in [2.45, 2.75) is 13.1 Å². The smallest absolute Gasteiger partial charge is 0.416 e. The van der Waals surface area contributed by atoms with Crippen LogP contribution in [0.2, 0.25) is 0 Å². The van der Waals surface area contributed by atoms with E-state index in [4.69, 9.17) is 4.74 Å². The number of carbonyl (C=O) groups excluding carboxylic acids is 1. The van der Waals surface area contributed by atoms with E-state index in [-0.39, 0.29) is 11.6 Å². The Labute approximate surface area is 164 Å². The third kappa shape index (κ3) is 4.22. The van der Waals surface area contributed by atoms with Crippen molar-refractivity contribution in [3.63, 3.8) is 0 Å². The Hall–Kier alpha value is -2.74. The molecule has 0 N–H and O–H groups in total. The fraction of sp³-hybridized carbons (Fsp3) is 0.200. The lowest BCUT2D eigenvalue weighted by Crippen LogP contribution is -2.29. The molecule has 0 bridgehead atoms. The van der Waals surface area contributed by atoms with Gasteiger partial charge in [-0.25, -0.2) is 4.99 Å². The first-order valence-electron chi connectivity index (χ1n) is 8.42. The van der Waals surface area contributed by atoms with Crippen LogP contribution in [0.5, 0.6) is 5.75 Å². The second-order valence-corrected chi connectivity index (χ2v) is 6.59. The third-order valence-corrected chi connectivity index (χ3v) is 4.60. The molecule has 4 nitrogen and oxygen atoms in total. The van der Waals surface area contributed by atoms with E-state index in [1.54, 1.807) is 30.5 Å². The summed E-state index contributed by atoms with van der Waals surface area (Å²) in [7, 11) is 0. The molecule has 0 radical (unpaired) electrons. The molecule has 1 amide bonds. The molecule has 1 aliphatic heterocycles. The molecule has 146 valence electrons. The molecule has 0 aliphatic carbocycles. The largest absolute Gasteiger partial charge is 0.494 e. The van der Waals surface area contributed by atoms with E-state index in [2.05, 4.69) is 4.99 Å². The number of benzene rings is 2. The second kappa shape index (κ2) is 8.10. The van der Waals surface area contributed by atoms with Gasteiger partial charge in [0.15, 0.2) is 5.17 Å². The summed E-state index contributed by atoms with van der Waals surface area (Å²) in [6.07, 6.45) is -1.12. The molecule has 2 aromatic rings. The number of aliphatic imine (C=N–C) groups is 1. The van der Waals surface area contributed by atoms with Gasteiger partial charge in [0, 0.05) is 0 Å². The van der Waals surface area contributed by atoms with Crippen LogP contribution in [-0.4, -0.2) is 23.9 Å². The Kier molecular flexibility index (Phi) is 5.79. The number of amidine groups is 1. The molecule has 0 saturated carbocycles. The quantitative estimate of drug-likeness (QED) is 0.655. The van der Waals surface area contributed by atoms with Gasteiger partial charge in [0.2, 0.25) is 0 Å². The zero-order chi connectivity index (χ0) is 20.3.